The van der Waals surface area contributed by atoms with Crippen molar-refractivity contribution in [1.82, 2.24) is 0 Å². The van der Waals surface area contributed by atoms with Crippen LogP contribution in [0.15, 0.2) is 36.5 Å². The van der Waals surface area contributed by atoms with Crippen molar-refractivity contribution >= 4 is 19.2 Å². The highest BCUT2D eigenvalue weighted by Gasteiger charge is 2.19. The largest absolute Gasteiger partial charge is 0.373 e. The van der Waals surface area contributed by atoms with E-state index in [1.807, 2.05) is 17.8 Å². The van der Waals surface area contributed by atoms with Gasteiger partial charge in [-0.1, -0.05) is 62.3 Å². The molecule has 1 aromatic carbocycles. The number of carbonyl (C=O) groups is 1. The van der Waals surface area contributed by atoms with E-state index in [0.717, 1.165) is 12.8 Å². The Morgan fingerprint density at radius 3 is 2.43 bits per heavy atom. The first kappa shape index (κ1) is 17.7. The molecule has 116 valence electrons. The fraction of sp³-hybridized carbons (Fsp3) is 0.471. The normalized spacial score (nSPS) is 11.2. The molecule has 0 N–H and O–H groups in total. The van der Waals surface area contributed by atoms with E-state index >= 15 is 0 Å². The molecule has 1 rings (SSSR count). The van der Waals surface area contributed by atoms with Crippen molar-refractivity contribution in [2.24, 2.45) is 0 Å². The highest BCUT2D eigenvalue weighted by molar-refractivity contribution is 6.93. The summed E-state index contributed by atoms with van der Waals surface area (Å²) in [5, 5.41) is 1.24. The van der Waals surface area contributed by atoms with Crippen LogP contribution in [0.1, 0.15) is 43.0 Å². The number of carbonyl (C=O) groups excluding carboxylic acids is 1. The molecule has 0 saturated carbocycles. The van der Waals surface area contributed by atoms with E-state index in [4.69, 9.17) is 9.78 Å². The molecular weight excluding hydrogens is 280 g/mol. The maximum Gasteiger partial charge on any atom is 0.373 e. The summed E-state index contributed by atoms with van der Waals surface area (Å²) in [7, 11) is -1.57. The van der Waals surface area contributed by atoms with E-state index in [2.05, 4.69) is 26.6 Å². The third-order valence-corrected chi connectivity index (χ3v) is 6.43. The van der Waals surface area contributed by atoms with Gasteiger partial charge >= 0.3 is 5.97 Å². The summed E-state index contributed by atoms with van der Waals surface area (Å²) in [6.45, 7) is 10.9. The van der Waals surface area contributed by atoms with Gasteiger partial charge in [-0.15, -0.1) is 6.58 Å². The Morgan fingerprint density at radius 1 is 1.19 bits per heavy atom. The number of hydrogen-bond acceptors (Lipinski definition) is 3. The van der Waals surface area contributed by atoms with Gasteiger partial charge in [0, 0.05) is 0 Å². The van der Waals surface area contributed by atoms with Crippen LogP contribution >= 0.6 is 0 Å². The zero-order valence-corrected chi connectivity index (χ0v) is 14.4. The molecule has 0 bridgehead atoms. The molecule has 0 aliphatic carbocycles. The van der Waals surface area contributed by atoms with Crippen molar-refractivity contribution < 1.29 is 14.6 Å². The van der Waals surface area contributed by atoms with Gasteiger partial charge in [0.15, 0.2) is 0 Å². The average Bonchev–Trinajstić information content (AvgIpc) is 2.50. The molecular formula is C17H26O3Si. The van der Waals surface area contributed by atoms with E-state index in [0.29, 0.717) is 12.2 Å². The van der Waals surface area contributed by atoms with Gasteiger partial charge in [-0.2, -0.15) is 4.89 Å². The Bertz CT molecular complexity index is 452. The second-order valence-electron chi connectivity index (χ2n) is 5.76. The summed E-state index contributed by atoms with van der Waals surface area (Å²) >= 11 is 0. The Kier molecular flexibility index (Phi) is 7.40. The highest BCUT2D eigenvalue weighted by atomic mass is 28.3. The molecule has 0 spiro atoms. The third-order valence-electron chi connectivity index (χ3n) is 3.59. The van der Waals surface area contributed by atoms with Crippen molar-refractivity contribution in [3.8, 4) is 0 Å². The second-order valence-corrected chi connectivity index (χ2v) is 10.2. The number of rotatable bonds is 9. The Balaban J connectivity index is 2.43. The first-order valence-corrected chi connectivity index (χ1v) is 10.7. The Labute approximate surface area is 128 Å². The van der Waals surface area contributed by atoms with Crippen LogP contribution in [0.25, 0.3) is 0 Å². The van der Waals surface area contributed by atoms with Crippen molar-refractivity contribution in [3.05, 3.63) is 42.1 Å². The van der Waals surface area contributed by atoms with Crippen molar-refractivity contribution in [2.45, 2.75) is 45.7 Å². The lowest BCUT2D eigenvalue weighted by atomic mass is 10.2. The lowest BCUT2D eigenvalue weighted by Gasteiger charge is -2.17. The van der Waals surface area contributed by atoms with E-state index in [1.54, 1.807) is 12.1 Å². The van der Waals surface area contributed by atoms with E-state index in [-0.39, 0.29) is 0 Å². The molecule has 0 unspecified atom stereocenters. The summed E-state index contributed by atoms with van der Waals surface area (Å²) in [6, 6.07) is 7.53. The highest BCUT2D eigenvalue weighted by Crippen LogP contribution is 2.07. The molecule has 0 aliphatic heterocycles. The summed E-state index contributed by atoms with van der Waals surface area (Å²) in [5.74, 6) is -0.435. The van der Waals surface area contributed by atoms with Crippen LogP contribution in [-0.4, -0.2) is 20.7 Å². The lowest BCUT2D eigenvalue weighted by Crippen LogP contribution is -2.39. The van der Waals surface area contributed by atoms with Crippen molar-refractivity contribution in [3.63, 3.8) is 0 Å². The van der Waals surface area contributed by atoms with Crippen molar-refractivity contribution in [2.75, 3.05) is 6.61 Å². The van der Waals surface area contributed by atoms with Crippen LogP contribution < -0.4 is 5.19 Å². The average molecular weight is 306 g/mol. The summed E-state index contributed by atoms with van der Waals surface area (Å²) in [4.78, 5) is 21.6. The molecule has 21 heavy (non-hydrogen) atoms. The number of hydrogen-bond donors (Lipinski definition) is 0. The quantitative estimate of drug-likeness (QED) is 0.299. The van der Waals surface area contributed by atoms with Crippen molar-refractivity contribution in [1.29, 1.82) is 0 Å². The van der Waals surface area contributed by atoms with Crippen LogP contribution in [0.3, 0.4) is 0 Å². The smallest absolute Gasteiger partial charge is 0.293 e. The molecule has 4 heteroatoms. The predicted octanol–water partition coefficient (Wildman–Crippen LogP) is 4.00. The zero-order chi connectivity index (χ0) is 15.7. The van der Waals surface area contributed by atoms with Crippen LogP contribution in [0.5, 0.6) is 0 Å². The molecule has 3 nitrogen and oxygen atoms in total. The zero-order valence-electron chi connectivity index (χ0n) is 13.4. The maximum atomic E-state index is 11.8. The standard InChI is InChI=1S/C17H26O3Si/c1-5-7-8-9-14-19-20-17(18)15-10-12-16(13-11-15)21(3,4)6-2/h6,10-13H,2,5,7-9,14H2,1,3-4H3. The lowest BCUT2D eigenvalue weighted by molar-refractivity contribution is -0.241. The third kappa shape index (κ3) is 5.85. The Morgan fingerprint density at radius 2 is 1.86 bits per heavy atom. The van der Waals surface area contributed by atoms with Gasteiger partial charge in [0.25, 0.3) is 0 Å². The topological polar surface area (TPSA) is 35.5 Å². The van der Waals surface area contributed by atoms with Gasteiger partial charge in [0.2, 0.25) is 0 Å². The fourth-order valence-electron chi connectivity index (χ4n) is 1.88. The van der Waals surface area contributed by atoms with E-state index in [1.165, 1.54) is 18.0 Å². The van der Waals surface area contributed by atoms with Gasteiger partial charge in [-0.05, 0) is 18.6 Å². The van der Waals surface area contributed by atoms with Crippen LogP contribution in [0.2, 0.25) is 13.1 Å². The Hall–Kier alpha value is -1.39. The van der Waals surface area contributed by atoms with Gasteiger partial charge in [0.05, 0.1) is 12.2 Å². The molecule has 1 aromatic rings. The minimum atomic E-state index is -1.57. The maximum absolute atomic E-state index is 11.8. The van der Waals surface area contributed by atoms with Gasteiger partial charge < -0.3 is 0 Å². The predicted molar refractivity (Wildman–Crippen MR) is 89.3 cm³/mol. The fourth-order valence-corrected chi connectivity index (χ4v) is 3.15. The molecule has 0 aliphatic rings. The van der Waals surface area contributed by atoms with Crippen LogP contribution in [0.4, 0.5) is 0 Å². The van der Waals surface area contributed by atoms with E-state index in [9.17, 15) is 4.79 Å². The summed E-state index contributed by atoms with van der Waals surface area (Å²) in [6.07, 6.45) is 4.38. The SMILES string of the molecule is C=C[Si](C)(C)c1ccc(C(=O)OOCCCCCC)cc1. The second kappa shape index (κ2) is 8.80. The summed E-state index contributed by atoms with van der Waals surface area (Å²) in [5.41, 5.74) is 2.54. The number of benzene rings is 1. The van der Waals surface area contributed by atoms with E-state index < -0.39 is 14.0 Å². The first-order chi connectivity index (χ1) is 10.0. The number of unbranched alkanes of at least 4 members (excludes halogenated alkanes) is 3. The van der Waals surface area contributed by atoms with Crippen LogP contribution in [0, 0.1) is 0 Å². The first-order valence-electron chi connectivity index (χ1n) is 7.59. The molecule has 0 saturated heterocycles. The van der Waals surface area contributed by atoms with Gasteiger partial charge in [-0.25, -0.2) is 4.79 Å². The molecule has 0 heterocycles. The monoisotopic (exact) mass is 306 g/mol. The molecule has 0 amide bonds. The minimum Gasteiger partial charge on any atom is -0.293 e. The summed E-state index contributed by atoms with van der Waals surface area (Å²) < 4.78 is 0. The minimum absolute atomic E-state index is 0.435. The molecule has 0 aromatic heterocycles. The molecule has 0 radical (unpaired) electrons. The molecule has 0 fully saturated rings. The van der Waals surface area contributed by atoms with Gasteiger partial charge in [-0.3, -0.25) is 4.89 Å². The van der Waals surface area contributed by atoms with Crippen LogP contribution in [-0.2, 0) is 9.78 Å². The molecule has 0 atom stereocenters. The van der Waals surface area contributed by atoms with Gasteiger partial charge in [0.1, 0.15) is 8.07 Å².